The highest BCUT2D eigenvalue weighted by Crippen LogP contribution is 2.33. The number of piperazine rings is 1. The average molecular weight is 601 g/mol. The summed E-state index contributed by atoms with van der Waals surface area (Å²) in [7, 11) is 0. The molecule has 4 aliphatic rings. The van der Waals surface area contributed by atoms with Crippen LogP contribution in [0.25, 0.3) is 11.4 Å². The SMILES string of the molecule is Cc1cc(Nc2nc(NC3CCOCC3)c(-c3ccn[nH]3)nc2C(N)=O)ccc1N1CCC(N2CCN(C3CC3)CC2)CC1. The van der Waals surface area contributed by atoms with E-state index in [1.165, 1.54) is 63.1 Å². The standard InChI is InChI=1S/C32H44N10O2/c1-21-20-23(2-5-27(21)42-12-7-25(8-13-42)41-16-14-40(15-17-41)24-3-4-24)36-32-29(30(33)43)37-28(26-6-11-34-39-26)31(38-32)35-22-9-18-44-19-10-22/h2,5-6,11,20,22,24-25H,3-4,7-10,12-19H2,1H3,(H2,33,43)(H,34,39)(H2,35,36,38). The normalized spacial score (nSPS) is 21.0. The Bertz CT molecular complexity index is 1440. The minimum atomic E-state index is -0.649. The van der Waals surface area contributed by atoms with Crippen LogP contribution in [0.15, 0.2) is 30.5 Å². The van der Waals surface area contributed by atoms with Crippen molar-refractivity contribution in [1.29, 1.82) is 0 Å². The largest absolute Gasteiger partial charge is 0.381 e. The second kappa shape index (κ2) is 12.7. The number of aromatic amines is 1. The molecule has 3 saturated heterocycles. The summed E-state index contributed by atoms with van der Waals surface area (Å²) in [6.45, 7) is 10.6. The Kier molecular flexibility index (Phi) is 8.37. The van der Waals surface area contributed by atoms with Crippen molar-refractivity contribution in [1.82, 2.24) is 30.0 Å². The number of aromatic nitrogens is 4. The van der Waals surface area contributed by atoms with E-state index in [2.05, 4.69) is 59.6 Å². The molecule has 7 rings (SSSR count). The summed E-state index contributed by atoms with van der Waals surface area (Å²) in [4.78, 5) is 30.0. The Morgan fingerprint density at radius 2 is 1.61 bits per heavy atom. The van der Waals surface area contributed by atoms with Gasteiger partial charge in [0.15, 0.2) is 17.3 Å². The van der Waals surface area contributed by atoms with Crippen molar-refractivity contribution in [3.05, 3.63) is 41.7 Å². The lowest BCUT2D eigenvalue weighted by Gasteiger charge is -2.43. The zero-order valence-electron chi connectivity index (χ0n) is 25.6. The van der Waals surface area contributed by atoms with E-state index in [0.29, 0.717) is 42.3 Å². The molecule has 0 spiro atoms. The molecule has 12 nitrogen and oxygen atoms in total. The number of hydrogen-bond donors (Lipinski definition) is 4. The quantitative estimate of drug-likeness (QED) is 0.289. The van der Waals surface area contributed by atoms with Crippen molar-refractivity contribution in [2.75, 3.05) is 68.0 Å². The van der Waals surface area contributed by atoms with Crippen LogP contribution in [0.5, 0.6) is 0 Å². The van der Waals surface area contributed by atoms with Gasteiger partial charge in [0.05, 0.1) is 5.69 Å². The summed E-state index contributed by atoms with van der Waals surface area (Å²) < 4.78 is 5.53. The minimum Gasteiger partial charge on any atom is -0.381 e. The maximum absolute atomic E-state index is 12.6. The minimum absolute atomic E-state index is 0.0777. The van der Waals surface area contributed by atoms with E-state index in [4.69, 9.17) is 15.5 Å². The van der Waals surface area contributed by atoms with Crippen LogP contribution in [0.1, 0.15) is 54.6 Å². The molecule has 12 heteroatoms. The smallest absolute Gasteiger partial charge is 0.271 e. The first-order chi connectivity index (χ1) is 21.5. The highest BCUT2D eigenvalue weighted by molar-refractivity contribution is 5.97. The molecule has 44 heavy (non-hydrogen) atoms. The summed E-state index contributed by atoms with van der Waals surface area (Å²) in [5.41, 5.74) is 10.3. The number of aryl methyl sites for hydroxylation is 1. The van der Waals surface area contributed by atoms with Crippen molar-refractivity contribution in [2.45, 2.75) is 63.6 Å². The molecule has 0 unspecified atom stereocenters. The van der Waals surface area contributed by atoms with Gasteiger partial charge >= 0.3 is 0 Å². The molecule has 1 amide bonds. The number of carbonyl (C=O) groups is 1. The molecule has 4 fully saturated rings. The van der Waals surface area contributed by atoms with Crippen molar-refractivity contribution in [3.63, 3.8) is 0 Å². The second-order valence-electron chi connectivity index (χ2n) is 12.6. The number of anilines is 4. The van der Waals surface area contributed by atoms with Crippen LogP contribution in [-0.2, 0) is 4.74 Å². The third-order valence-corrected chi connectivity index (χ3v) is 9.64. The summed E-state index contributed by atoms with van der Waals surface area (Å²) in [6, 6.07) is 9.89. The number of nitrogens with one attached hydrogen (secondary N) is 3. The van der Waals surface area contributed by atoms with Crippen LogP contribution in [-0.4, -0.2) is 106 Å². The van der Waals surface area contributed by atoms with E-state index in [0.717, 1.165) is 37.7 Å². The van der Waals surface area contributed by atoms with Crippen LogP contribution in [0.2, 0.25) is 0 Å². The molecule has 0 atom stereocenters. The lowest BCUT2D eigenvalue weighted by Crippen LogP contribution is -2.53. The van der Waals surface area contributed by atoms with E-state index in [9.17, 15) is 4.79 Å². The van der Waals surface area contributed by atoms with Crippen LogP contribution >= 0.6 is 0 Å². The number of nitrogens with zero attached hydrogens (tertiary/aromatic N) is 6. The Morgan fingerprint density at radius 3 is 2.23 bits per heavy atom. The van der Waals surface area contributed by atoms with E-state index >= 15 is 0 Å². The average Bonchev–Trinajstić information content (AvgIpc) is 3.75. The van der Waals surface area contributed by atoms with E-state index in [-0.39, 0.29) is 11.7 Å². The maximum Gasteiger partial charge on any atom is 0.271 e. The highest BCUT2D eigenvalue weighted by atomic mass is 16.5. The van der Waals surface area contributed by atoms with Crippen molar-refractivity contribution >= 4 is 28.9 Å². The first-order valence-electron chi connectivity index (χ1n) is 16.2. The lowest BCUT2D eigenvalue weighted by atomic mass is 10.0. The summed E-state index contributed by atoms with van der Waals surface area (Å²) >= 11 is 0. The van der Waals surface area contributed by atoms with Crippen LogP contribution in [0.4, 0.5) is 23.0 Å². The summed E-state index contributed by atoms with van der Waals surface area (Å²) in [5, 5.41) is 13.9. The number of rotatable bonds is 9. The molecule has 5 N–H and O–H groups in total. The van der Waals surface area contributed by atoms with Crippen molar-refractivity contribution < 1.29 is 9.53 Å². The molecule has 3 aromatic rings. The Hall–Kier alpha value is -3.74. The van der Waals surface area contributed by atoms with Gasteiger partial charge in [-0.15, -0.1) is 0 Å². The molecule has 2 aromatic heterocycles. The summed E-state index contributed by atoms with van der Waals surface area (Å²) in [5.74, 6) is 0.243. The van der Waals surface area contributed by atoms with E-state index in [1.54, 1.807) is 12.3 Å². The number of benzene rings is 1. The van der Waals surface area contributed by atoms with Crippen molar-refractivity contribution in [2.24, 2.45) is 5.73 Å². The van der Waals surface area contributed by atoms with Gasteiger partial charge in [0.1, 0.15) is 5.69 Å². The van der Waals surface area contributed by atoms with Gasteiger partial charge in [0.25, 0.3) is 5.91 Å². The monoisotopic (exact) mass is 600 g/mol. The van der Waals surface area contributed by atoms with E-state index < -0.39 is 5.91 Å². The lowest BCUT2D eigenvalue weighted by molar-refractivity contribution is 0.0809. The molecule has 1 aromatic carbocycles. The molecule has 1 aliphatic carbocycles. The number of primary amides is 1. The fraction of sp³-hybridized carbons (Fsp3) is 0.562. The summed E-state index contributed by atoms with van der Waals surface area (Å²) in [6.07, 6.45) is 8.57. The fourth-order valence-corrected chi connectivity index (χ4v) is 7.01. The molecule has 1 saturated carbocycles. The molecule has 0 radical (unpaired) electrons. The van der Waals surface area contributed by atoms with Crippen molar-refractivity contribution in [3.8, 4) is 11.4 Å². The molecule has 5 heterocycles. The fourth-order valence-electron chi connectivity index (χ4n) is 7.01. The third kappa shape index (κ3) is 6.38. The number of piperidine rings is 1. The number of nitrogens with two attached hydrogens (primary N) is 1. The van der Waals surface area contributed by atoms with Gasteiger partial charge in [-0.25, -0.2) is 9.97 Å². The van der Waals surface area contributed by atoms with Gasteiger partial charge in [-0.1, -0.05) is 0 Å². The molecule has 0 bridgehead atoms. The topological polar surface area (TPSA) is 141 Å². The molecular weight excluding hydrogens is 556 g/mol. The van der Waals surface area contributed by atoms with Gasteiger partial charge in [-0.2, -0.15) is 5.10 Å². The van der Waals surface area contributed by atoms with Gasteiger partial charge in [-0.05, 0) is 75.3 Å². The molecule has 3 aliphatic heterocycles. The Balaban J connectivity index is 1.05. The third-order valence-electron chi connectivity index (χ3n) is 9.64. The maximum atomic E-state index is 12.6. The predicted octanol–water partition coefficient (Wildman–Crippen LogP) is 3.36. The predicted molar refractivity (Wildman–Crippen MR) is 171 cm³/mol. The first kappa shape index (κ1) is 29.0. The molecule has 234 valence electrons. The number of carbonyl (C=O) groups excluding carboxylic acids is 1. The van der Waals surface area contributed by atoms with Crippen LogP contribution < -0.4 is 21.3 Å². The van der Waals surface area contributed by atoms with Gasteiger partial charge < -0.3 is 26.0 Å². The second-order valence-corrected chi connectivity index (χ2v) is 12.6. The number of amides is 1. The first-order valence-corrected chi connectivity index (χ1v) is 16.2. The highest BCUT2D eigenvalue weighted by Gasteiger charge is 2.34. The van der Waals surface area contributed by atoms with Crippen LogP contribution in [0.3, 0.4) is 0 Å². The number of ether oxygens (including phenoxy) is 1. The van der Waals surface area contributed by atoms with Crippen LogP contribution in [0, 0.1) is 6.92 Å². The van der Waals surface area contributed by atoms with Gasteiger partial charge in [0, 0.05) is 88.2 Å². The van der Waals surface area contributed by atoms with Gasteiger partial charge in [-0.3, -0.25) is 19.7 Å². The zero-order chi connectivity index (χ0) is 30.0. The molecular formula is C32H44N10O2. The van der Waals surface area contributed by atoms with Gasteiger partial charge in [0.2, 0.25) is 0 Å². The Labute approximate surface area is 258 Å². The number of H-pyrrole nitrogens is 1. The van der Waals surface area contributed by atoms with E-state index in [1.807, 2.05) is 6.07 Å². The Morgan fingerprint density at radius 1 is 0.909 bits per heavy atom. The zero-order valence-corrected chi connectivity index (χ0v) is 25.6. The number of hydrogen-bond acceptors (Lipinski definition) is 10.